The van der Waals surface area contributed by atoms with E-state index < -0.39 is 0 Å². The van der Waals surface area contributed by atoms with E-state index in [0.717, 1.165) is 50.6 Å². The summed E-state index contributed by atoms with van der Waals surface area (Å²) < 4.78 is 16.3. The van der Waals surface area contributed by atoms with Gasteiger partial charge in [-0.3, -0.25) is 4.79 Å². The number of carbonyl (C=O) groups excluding carboxylic acids is 1. The Morgan fingerprint density at radius 2 is 1.85 bits per heavy atom. The van der Waals surface area contributed by atoms with Gasteiger partial charge in [-0.15, -0.1) is 0 Å². The molecule has 3 aliphatic heterocycles. The number of nitrogens with one attached hydrogen (secondary N) is 1. The van der Waals surface area contributed by atoms with Crippen molar-refractivity contribution in [3.8, 4) is 11.8 Å². The number of Topliss-reactive ketones (excluding diaryl/α,β-unsaturated/α-hetero) is 1. The van der Waals surface area contributed by atoms with Crippen molar-refractivity contribution in [2.75, 3.05) is 51.4 Å². The normalized spacial score (nSPS) is 21.3. The number of ketones is 1. The van der Waals surface area contributed by atoms with Gasteiger partial charge >= 0.3 is 0 Å². The van der Waals surface area contributed by atoms with E-state index in [0.29, 0.717) is 37.3 Å². The first kappa shape index (κ1) is 19.6. The molecule has 3 aliphatic rings. The number of nitriles is 1. The molecule has 0 radical (unpaired) electrons. The second kappa shape index (κ2) is 9.18. The highest BCUT2D eigenvalue weighted by atomic mass is 16.7. The Balaban J connectivity index is 0.000000177. The van der Waals surface area contributed by atoms with Gasteiger partial charge in [-0.2, -0.15) is 5.26 Å². The van der Waals surface area contributed by atoms with Crippen LogP contribution in [-0.4, -0.2) is 58.1 Å². The van der Waals surface area contributed by atoms with Crippen LogP contribution in [0.3, 0.4) is 0 Å². The third-order valence-corrected chi connectivity index (χ3v) is 5.15. The maximum Gasteiger partial charge on any atom is 0.170 e. The Kier molecular flexibility index (Phi) is 6.67. The number of nitrogens with zero attached hydrogens (tertiary/aromatic N) is 2. The van der Waals surface area contributed by atoms with Crippen LogP contribution in [0.15, 0.2) is 18.2 Å². The second-order valence-corrected chi connectivity index (χ2v) is 6.88. The highest BCUT2D eigenvalue weighted by Gasteiger charge is 2.37. The van der Waals surface area contributed by atoms with E-state index in [1.165, 1.54) is 0 Å². The summed E-state index contributed by atoms with van der Waals surface area (Å²) in [5.41, 5.74) is 1.51. The zero-order valence-electron chi connectivity index (χ0n) is 15.8. The largest absolute Gasteiger partial charge is 0.495 e. The number of anilines is 1. The number of hydrogen-bond donors (Lipinski definition) is 1. The summed E-state index contributed by atoms with van der Waals surface area (Å²) in [4.78, 5) is 13.3. The molecule has 27 heavy (non-hydrogen) atoms. The van der Waals surface area contributed by atoms with Gasteiger partial charge in [-0.25, -0.2) is 0 Å². The molecule has 0 amide bonds. The molecule has 0 unspecified atom stereocenters. The van der Waals surface area contributed by atoms with E-state index in [1.807, 2.05) is 6.07 Å². The molecule has 146 valence electrons. The van der Waals surface area contributed by atoms with Crippen molar-refractivity contribution in [3.05, 3.63) is 23.8 Å². The van der Waals surface area contributed by atoms with Gasteiger partial charge in [0, 0.05) is 51.9 Å². The van der Waals surface area contributed by atoms with Crippen LogP contribution in [0.2, 0.25) is 0 Å². The number of carbonyl (C=O) groups is 1. The fraction of sp³-hybridized carbons (Fsp3) is 0.600. The lowest BCUT2D eigenvalue weighted by Crippen LogP contribution is -2.42. The molecule has 0 atom stereocenters. The van der Waals surface area contributed by atoms with Crippen LogP contribution in [0.4, 0.5) is 5.69 Å². The van der Waals surface area contributed by atoms with Crippen LogP contribution < -0.4 is 15.0 Å². The Labute approximate surface area is 160 Å². The first-order chi connectivity index (χ1) is 13.2. The second-order valence-electron chi connectivity index (χ2n) is 6.88. The van der Waals surface area contributed by atoms with Crippen molar-refractivity contribution < 1.29 is 19.0 Å². The molecule has 0 bridgehead atoms. The zero-order chi connectivity index (χ0) is 19.1. The maximum atomic E-state index is 11.2. The van der Waals surface area contributed by atoms with E-state index in [-0.39, 0.29) is 5.79 Å². The predicted octanol–water partition coefficient (Wildman–Crippen LogP) is 1.85. The third kappa shape index (κ3) is 4.98. The van der Waals surface area contributed by atoms with E-state index in [1.54, 1.807) is 19.2 Å². The lowest BCUT2D eigenvalue weighted by Gasteiger charge is -2.31. The van der Waals surface area contributed by atoms with Crippen molar-refractivity contribution in [2.45, 2.75) is 31.5 Å². The molecule has 4 rings (SSSR count). The van der Waals surface area contributed by atoms with E-state index in [2.05, 4.69) is 16.3 Å². The van der Waals surface area contributed by atoms with E-state index >= 15 is 0 Å². The average molecular weight is 373 g/mol. The first-order valence-corrected chi connectivity index (χ1v) is 9.49. The van der Waals surface area contributed by atoms with E-state index in [4.69, 9.17) is 19.5 Å². The van der Waals surface area contributed by atoms with Gasteiger partial charge < -0.3 is 24.4 Å². The number of rotatable bonds is 2. The van der Waals surface area contributed by atoms with Crippen molar-refractivity contribution in [1.82, 2.24) is 5.32 Å². The molecule has 7 nitrogen and oxygen atoms in total. The summed E-state index contributed by atoms with van der Waals surface area (Å²) in [5.74, 6) is 0.862. The minimum absolute atomic E-state index is 0.189. The molecule has 1 aromatic rings. The molecule has 1 N–H and O–H groups in total. The average Bonchev–Trinajstić information content (AvgIpc) is 3.16. The van der Waals surface area contributed by atoms with Gasteiger partial charge in [0.1, 0.15) is 11.5 Å². The van der Waals surface area contributed by atoms with Crippen LogP contribution in [0, 0.1) is 11.3 Å². The molecule has 7 heteroatoms. The lowest BCUT2D eigenvalue weighted by atomic mass is 10.1. The van der Waals surface area contributed by atoms with E-state index in [9.17, 15) is 4.79 Å². The highest BCUT2D eigenvalue weighted by Crippen LogP contribution is 2.31. The highest BCUT2D eigenvalue weighted by molar-refractivity contribution is 5.81. The lowest BCUT2D eigenvalue weighted by molar-refractivity contribution is -0.172. The zero-order valence-corrected chi connectivity index (χ0v) is 15.8. The van der Waals surface area contributed by atoms with Gasteiger partial charge in [-0.05, 0) is 18.2 Å². The number of methoxy groups -OCH3 is 1. The molecule has 1 aromatic carbocycles. The Morgan fingerprint density at radius 1 is 1.19 bits per heavy atom. The molecule has 0 aromatic heterocycles. The van der Waals surface area contributed by atoms with Gasteiger partial charge in [0.25, 0.3) is 0 Å². The quantitative estimate of drug-likeness (QED) is 0.847. The minimum Gasteiger partial charge on any atom is -0.495 e. The van der Waals surface area contributed by atoms with Crippen molar-refractivity contribution in [3.63, 3.8) is 0 Å². The topological polar surface area (TPSA) is 83.8 Å². The molecule has 1 spiro atoms. The van der Waals surface area contributed by atoms with Crippen LogP contribution in [0.25, 0.3) is 0 Å². The molecule has 0 aliphatic carbocycles. The summed E-state index contributed by atoms with van der Waals surface area (Å²) >= 11 is 0. The predicted molar refractivity (Wildman–Crippen MR) is 101 cm³/mol. The standard InChI is InChI=1S/C13H14N2O2.C7H13NO2/c1-17-13-3-2-10(9-14)8-12(13)15-6-4-11(16)5-7-15;1-3-8-4-2-7(1)9-5-6-10-7/h2-3,8H,4-7H2,1H3;8H,1-6H2. The Morgan fingerprint density at radius 3 is 2.44 bits per heavy atom. The van der Waals surface area contributed by atoms with Crippen LogP contribution in [0.5, 0.6) is 5.75 Å². The molecule has 0 saturated carbocycles. The fourth-order valence-electron chi connectivity index (χ4n) is 3.60. The molecule has 3 heterocycles. The monoisotopic (exact) mass is 373 g/mol. The molecule has 3 fully saturated rings. The molecular formula is C20H27N3O4. The molecule has 3 saturated heterocycles. The smallest absolute Gasteiger partial charge is 0.170 e. The van der Waals surface area contributed by atoms with Crippen molar-refractivity contribution >= 4 is 11.5 Å². The van der Waals surface area contributed by atoms with Gasteiger partial charge in [0.2, 0.25) is 0 Å². The Hall–Kier alpha value is -2.14. The summed E-state index contributed by atoms with van der Waals surface area (Å²) in [7, 11) is 1.61. The van der Waals surface area contributed by atoms with Crippen LogP contribution >= 0.6 is 0 Å². The summed E-state index contributed by atoms with van der Waals surface area (Å²) in [5, 5.41) is 12.2. The van der Waals surface area contributed by atoms with Crippen LogP contribution in [0.1, 0.15) is 31.2 Å². The SMILES string of the molecule is C1CC2(CCN1)OCCO2.COc1ccc(C#N)cc1N1CCC(=O)CC1. The summed E-state index contributed by atoms with van der Waals surface area (Å²) in [6, 6.07) is 7.46. The number of benzene rings is 1. The third-order valence-electron chi connectivity index (χ3n) is 5.15. The number of ether oxygens (including phenoxy) is 3. The minimum atomic E-state index is -0.189. The maximum absolute atomic E-state index is 11.2. The Bertz CT molecular complexity index is 677. The van der Waals surface area contributed by atoms with Crippen molar-refractivity contribution in [1.29, 1.82) is 5.26 Å². The van der Waals surface area contributed by atoms with Crippen LogP contribution in [-0.2, 0) is 14.3 Å². The summed E-state index contributed by atoms with van der Waals surface area (Å²) in [6.45, 7) is 5.01. The first-order valence-electron chi connectivity index (χ1n) is 9.49. The van der Waals surface area contributed by atoms with Gasteiger partial charge in [-0.1, -0.05) is 0 Å². The molecular weight excluding hydrogens is 346 g/mol. The summed E-state index contributed by atoms with van der Waals surface area (Å²) in [6.07, 6.45) is 3.15. The number of hydrogen-bond acceptors (Lipinski definition) is 7. The number of piperidine rings is 2. The van der Waals surface area contributed by atoms with Gasteiger partial charge in [0.05, 0.1) is 37.6 Å². The fourth-order valence-corrected chi connectivity index (χ4v) is 3.60. The van der Waals surface area contributed by atoms with Crippen molar-refractivity contribution in [2.24, 2.45) is 0 Å². The van der Waals surface area contributed by atoms with Gasteiger partial charge in [0.15, 0.2) is 5.79 Å².